The van der Waals surface area contributed by atoms with Crippen LogP contribution < -0.4 is 0 Å². The minimum atomic E-state index is -1.02. The zero-order valence-corrected chi connectivity index (χ0v) is 16.7. The molecule has 0 saturated carbocycles. The lowest BCUT2D eigenvalue weighted by Crippen LogP contribution is -2.60. The summed E-state index contributed by atoms with van der Waals surface area (Å²) in [5.74, 6) is -1.02. The number of hydrogen-bond donors (Lipinski definition) is 1. The monoisotopic (exact) mass is 376 g/mol. The largest absolute Gasteiger partial charge is 0.480 e. The topological polar surface area (TPSA) is 79.3 Å². The number of alkyl halides is 1. The Kier molecular flexibility index (Phi) is 7.83. The number of ether oxygens (including phenoxy) is 2. The van der Waals surface area contributed by atoms with Crippen LogP contribution in [0.4, 0.5) is 9.18 Å². The number of halogens is 1. The average molecular weight is 376 g/mol. The number of hydrazine groups is 1. The van der Waals surface area contributed by atoms with Crippen molar-refractivity contribution in [2.45, 2.75) is 84.1 Å². The van der Waals surface area contributed by atoms with E-state index < -0.39 is 35.9 Å². The highest BCUT2D eigenvalue weighted by Gasteiger charge is 2.46. The Morgan fingerprint density at radius 1 is 1.19 bits per heavy atom. The molecule has 1 unspecified atom stereocenters. The Morgan fingerprint density at radius 3 is 2.27 bits per heavy atom. The molecule has 1 aliphatic rings. The van der Waals surface area contributed by atoms with E-state index in [1.807, 2.05) is 20.8 Å². The maximum atomic E-state index is 12.8. The predicted molar refractivity (Wildman–Crippen MR) is 95.5 cm³/mol. The number of carbonyl (C=O) groups is 2. The Bertz CT molecular complexity index is 487. The number of amides is 1. The van der Waals surface area contributed by atoms with E-state index in [4.69, 9.17) is 9.47 Å². The predicted octanol–water partition coefficient (Wildman–Crippen LogP) is 3.23. The first-order chi connectivity index (χ1) is 11.9. The molecule has 0 radical (unpaired) electrons. The lowest BCUT2D eigenvalue weighted by molar-refractivity contribution is -0.154. The number of carbonyl (C=O) groups excluding carboxylic acids is 1. The SMILES string of the molecule is CC(C)(C)OC(=O)N(N1CC(OCCCCF)C[C@H]1C(=O)O)C(C)(C)C. The van der Waals surface area contributed by atoms with Crippen LogP contribution in [0.1, 0.15) is 60.8 Å². The van der Waals surface area contributed by atoms with Gasteiger partial charge in [0.1, 0.15) is 11.6 Å². The number of rotatable bonds is 7. The van der Waals surface area contributed by atoms with Gasteiger partial charge in [-0.05, 0) is 54.4 Å². The normalized spacial score (nSPS) is 21.7. The number of nitrogens with zero attached hydrogens (tertiary/aromatic N) is 2. The van der Waals surface area contributed by atoms with Gasteiger partial charge in [-0.25, -0.2) is 9.80 Å². The Hall–Kier alpha value is -1.41. The summed E-state index contributed by atoms with van der Waals surface area (Å²) in [7, 11) is 0. The van der Waals surface area contributed by atoms with E-state index in [1.54, 1.807) is 20.8 Å². The first kappa shape index (κ1) is 22.6. The summed E-state index contributed by atoms with van der Waals surface area (Å²) >= 11 is 0. The molecule has 1 saturated heterocycles. The Morgan fingerprint density at radius 2 is 1.81 bits per heavy atom. The van der Waals surface area contributed by atoms with E-state index in [9.17, 15) is 19.1 Å². The molecule has 7 nitrogen and oxygen atoms in total. The summed E-state index contributed by atoms with van der Waals surface area (Å²) in [6.45, 7) is 11.0. The number of unbranched alkanes of at least 4 members (excludes halogenated alkanes) is 1. The second-order valence-corrected chi connectivity index (χ2v) is 8.56. The quantitative estimate of drug-likeness (QED) is 0.687. The molecule has 26 heavy (non-hydrogen) atoms. The van der Waals surface area contributed by atoms with E-state index in [0.717, 1.165) is 0 Å². The first-order valence-corrected chi connectivity index (χ1v) is 9.07. The second-order valence-electron chi connectivity index (χ2n) is 8.56. The van der Waals surface area contributed by atoms with Crippen LogP contribution in [-0.4, -0.2) is 70.3 Å². The van der Waals surface area contributed by atoms with Crippen LogP contribution in [0.25, 0.3) is 0 Å². The zero-order valence-electron chi connectivity index (χ0n) is 16.7. The van der Waals surface area contributed by atoms with Gasteiger partial charge in [0.05, 0.1) is 18.3 Å². The van der Waals surface area contributed by atoms with Crippen molar-refractivity contribution in [3.8, 4) is 0 Å². The van der Waals surface area contributed by atoms with Crippen molar-refractivity contribution in [1.82, 2.24) is 10.0 Å². The van der Waals surface area contributed by atoms with Crippen LogP contribution in [0.15, 0.2) is 0 Å². The fourth-order valence-electron chi connectivity index (χ4n) is 2.87. The highest BCUT2D eigenvalue weighted by molar-refractivity contribution is 5.75. The van der Waals surface area contributed by atoms with Crippen LogP contribution >= 0.6 is 0 Å². The molecule has 0 aromatic carbocycles. The molecule has 0 bridgehead atoms. The number of carboxylic acid groups (broad SMARTS) is 1. The lowest BCUT2D eigenvalue weighted by atomic mass is 10.1. The summed E-state index contributed by atoms with van der Waals surface area (Å²) in [6, 6.07) is -0.882. The summed E-state index contributed by atoms with van der Waals surface area (Å²) in [4.78, 5) is 24.5. The number of aliphatic carboxylic acids is 1. The summed E-state index contributed by atoms with van der Waals surface area (Å²) in [5.41, 5.74) is -1.36. The van der Waals surface area contributed by atoms with Gasteiger partial charge >= 0.3 is 12.1 Å². The molecule has 152 valence electrons. The van der Waals surface area contributed by atoms with E-state index in [0.29, 0.717) is 19.4 Å². The van der Waals surface area contributed by atoms with Gasteiger partial charge in [0.2, 0.25) is 0 Å². The van der Waals surface area contributed by atoms with E-state index in [-0.39, 0.29) is 19.1 Å². The summed E-state index contributed by atoms with van der Waals surface area (Å²) in [6.07, 6.45) is 0.350. The Labute approximate surface area is 155 Å². The summed E-state index contributed by atoms with van der Waals surface area (Å²) < 4.78 is 23.4. The third-order valence-corrected chi connectivity index (χ3v) is 3.86. The minimum absolute atomic E-state index is 0.264. The molecule has 0 aromatic heterocycles. The van der Waals surface area contributed by atoms with Gasteiger partial charge in [-0.15, -0.1) is 0 Å². The number of hydrogen-bond acceptors (Lipinski definition) is 5. The minimum Gasteiger partial charge on any atom is -0.480 e. The van der Waals surface area contributed by atoms with Gasteiger partial charge in [0.15, 0.2) is 0 Å². The fraction of sp³-hybridized carbons (Fsp3) is 0.889. The third kappa shape index (κ3) is 6.72. The molecule has 0 spiro atoms. The van der Waals surface area contributed by atoms with Gasteiger partial charge in [0.25, 0.3) is 0 Å². The third-order valence-electron chi connectivity index (χ3n) is 3.86. The van der Waals surface area contributed by atoms with Gasteiger partial charge in [-0.3, -0.25) is 9.18 Å². The van der Waals surface area contributed by atoms with Crippen LogP contribution in [-0.2, 0) is 14.3 Å². The van der Waals surface area contributed by atoms with Gasteiger partial charge < -0.3 is 14.6 Å². The lowest BCUT2D eigenvalue weighted by Gasteiger charge is -2.43. The smallest absolute Gasteiger partial charge is 0.425 e. The molecular weight excluding hydrogens is 343 g/mol. The fourth-order valence-corrected chi connectivity index (χ4v) is 2.87. The molecule has 1 aliphatic heterocycles. The van der Waals surface area contributed by atoms with Crippen LogP contribution in [0.3, 0.4) is 0 Å². The van der Waals surface area contributed by atoms with Crippen molar-refractivity contribution in [1.29, 1.82) is 0 Å². The van der Waals surface area contributed by atoms with Crippen molar-refractivity contribution >= 4 is 12.1 Å². The molecule has 1 amide bonds. The highest BCUT2D eigenvalue weighted by atomic mass is 19.1. The van der Waals surface area contributed by atoms with Gasteiger partial charge in [-0.2, -0.15) is 5.01 Å². The van der Waals surface area contributed by atoms with E-state index in [2.05, 4.69) is 0 Å². The standard InChI is InChI=1S/C18H33FN2O5/c1-17(2,3)21(16(24)26-18(4,5)6)20-12-13(11-14(20)15(22)23)25-10-8-7-9-19/h13-14H,7-12H2,1-6H3,(H,22,23)/t13?,14-/m0/s1. The molecule has 1 rings (SSSR count). The maximum Gasteiger partial charge on any atom is 0.425 e. The molecule has 8 heteroatoms. The summed E-state index contributed by atoms with van der Waals surface area (Å²) in [5, 5.41) is 12.5. The number of carboxylic acids is 1. The maximum absolute atomic E-state index is 12.8. The van der Waals surface area contributed by atoms with Gasteiger partial charge in [-0.1, -0.05) is 0 Å². The molecule has 0 aromatic rings. The highest BCUT2D eigenvalue weighted by Crippen LogP contribution is 2.29. The van der Waals surface area contributed by atoms with E-state index in [1.165, 1.54) is 10.0 Å². The van der Waals surface area contributed by atoms with Crippen LogP contribution in [0.2, 0.25) is 0 Å². The first-order valence-electron chi connectivity index (χ1n) is 9.07. The van der Waals surface area contributed by atoms with Gasteiger partial charge in [0, 0.05) is 19.6 Å². The van der Waals surface area contributed by atoms with Crippen molar-refractivity contribution in [3.05, 3.63) is 0 Å². The average Bonchev–Trinajstić information content (AvgIpc) is 2.84. The molecule has 0 aliphatic carbocycles. The molecule has 1 heterocycles. The van der Waals surface area contributed by atoms with Crippen LogP contribution in [0, 0.1) is 0 Å². The van der Waals surface area contributed by atoms with Crippen LogP contribution in [0.5, 0.6) is 0 Å². The van der Waals surface area contributed by atoms with E-state index >= 15 is 0 Å². The molecule has 1 N–H and O–H groups in total. The van der Waals surface area contributed by atoms with Crippen molar-refractivity contribution in [2.24, 2.45) is 0 Å². The van der Waals surface area contributed by atoms with Crippen molar-refractivity contribution in [3.63, 3.8) is 0 Å². The van der Waals surface area contributed by atoms with Crippen molar-refractivity contribution < 1.29 is 28.6 Å². The Balaban J connectivity index is 2.95. The molecular formula is C18H33FN2O5. The second kappa shape index (κ2) is 8.99. The molecule has 2 atom stereocenters. The van der Waals surface area contributed by atoms with Crippen molar-refractivity contribution in [2.75, 3.05) is 19.8 Å². The molecule has 1 fully saturated rings. The zero-order chi connectivity index (χ0) is 20.1.